The third kappa shape index (κ3) is 2.72. The van der Waals surface area contributed by atoms with Gasteiger partial charge in [-0.2, -0.15) is 0 Å². The molecule has 1 aromatic heterocycles. The van der Waals surface area contributed by atoms with Crippen LogP contribution < -0.4 is 0 Å². The van der Waals surface area contributed by atoms with Crippen LogP contribution in [0.3, 0.4) is 0 Å². The fourth-order valence-corrected chi connectivity index (χ4v) is 2.36. The smallest absolute Gasteiger partial charge is 0.225 e. The second-order valence-corrected chi connectivity index (χ2v) is 4.86. The predicted molar refractivity (Wildman–Crippen MR) is 74.7 cm³/mol. The van der Waals surface area contributed by atoms with Crippen molar-refractivity contribution < 1.29 is 0 Å². The Hall–Kier alpha value is -1.35. The SMILES string of the molecule is CCCCC(C)n1c(Cl)nnc1-c1ccccc1. The Morgan fingerprint density at radius 1 is 1.22 bits per heavy atom. The van der Waals surface area contributed by atoms with Crippen LogP contribution in [0.25, 0.3) is 11.4 Å². The number of halogens is 1. The van der Waals surface area contributed by atoms with Gasteiger partial charge in [-0.1, -0.05) is 50.1 Å². The Morgan fingerprint density at radius 2 is 1.94 bits per heavy atom. The fourth-order valence-electron chi connectivity index (χ4n) is 2.08. The Kier molecular flexibility index (Phi) is 4.37. The molecule has 1 atom stereocenters. The van der Waals surface area contributed by atoms with Crippen LogP contribution >= 0.6 is 11.6 Å². The second-order valence-electron chi connectivity index (χ2n) is 4.52. The number of hydrogen-bond donors (Lipinski definition) is 0. The normalized spacial score (nSPS) is 12.6. The molecule has 0 fully saturated rings. The number of hydrogen-bond acceptors (Lipinski definition) is 2. The van der Waals surface area contributed by atoms with E-state index >= 15 is 0 Å². The molecule has 1 heterocycles. The molecule has 0 spiro atoms. The molecule has 2 aromatic rings. The summed E-state index contributed by atoms with van der Waals surface area (Å²) in [6.07, 6.45) is 3.46. The quantitative estimate of drug-likeness (QED) is 0.803. The lowest BCUT2D eigenvalue weighted by Crippen LogP contribution is -2.07. The zero-order valence-electron chi connectivity index (χ0n) is 10.8. The van der Waals surface area contributed by atoms with Gasteiger partial charge >= 0.3 is 0 Å². The van der Waals surface area contributed by atoms with E-state index in [1.807, 2.05) is 34.9 Å². The van der Waals surface area contributed by atoms with Crippen molar-refractivity contribution >= 4 is 11.6 Å². The lowest BCUT2D eigenvalue weighted by atomic mass is 10.1. The summed E-state index contributed by atoms with van der Waals surface area (Å²) >= 11 is 6.16. The monoisotopic (exact) mass is 263 g/mol. The van der Waals surface area contributed by atoms with E-state index in [1.54, 1.807) is 0 Å². The van der Waals surface area contributed by atoms with Gasteiger partial charge in [-0.3, -0.25) is 4.57 Å². The van der Waals surface area contributed by atoms with E-state index in [4.69, 9.17) is 11.6 Å². The lowest BCUT2D eigenvalue weighted by Gasteiger charge is -2.16. The number of rotatable bonds is 5. The van der Waals surface area contributed by atoms with Crippen molar-refractivity contribution in [2.75, 3.05) is 0 Å². The zero-order chi connectivity index (χ0) is 13.0. The maximum Gasteiger partial charge on any atom is 0.225 e. The third-order valence-electron chi connectivity index (χ3n) is 3.10. The van der Waals surface area contributed by atoms with Crippen molar-refractivity contribution in [1.82, 2.24) is 14.8 Å². The Balaban J connectivity index is 2.33. The molecule has 0 aliphatic rings. The molecule has 0 saturated heterocycles. The first-order valence-electron chi connectivity index (χ1n) is 6.39. The van der Waals surface area contributed by atoms with Crippen LogP contribution in [0, 0.1) is 0 Å². The molecule has 0 aliphatic heterocycles. The Labute approximate surface area is 113 Å². The van der Waals surface area contributed by atoms with Gasteiger partial charge in [0.1, 0.15) is 0 Å². The summed E-state index contributed by atoms with van der Waals surface area (Å²) in [4.78, 5) is 0. The van der Waals surface area contributed by atoms with Gasteiger partial charge in [-0.25, -0.2) is 0 Å². The van der Waals surface area contributed by atoms with E-state index in [0.29, 0.717) is 11.3 Å². The summed E-state index contributed by atoms with van der Waals surface area (Å²) in [6.45, 7) is 4.36. The average Bonchev–Trinajstić information content (AvgIpc) is 2.79. The molecule has 4 heteroatoms. The molecule has 96 valence electrons. The maximum absolute atomic E-state index is 6.16. The van der Waals surface area contributed by atoms with Crippen LogP contribution in [-0.2, 0) is 0 Å². The average molecular weight is 264 g/mol. The predicted octanol–water partition coefficient (Wildman–Crippen LogP) is 4.35. The van der Waals surface area contributed by atoms with Crippen LogP contribution in [0.4, 0.5) is 0 Å². The number of nitrogens with zero attached hydrogens (tertiary/aromatic N) is 3. The second kappa shape index (κ2) is 6.01. The van der Waals surface area contributed by atoms with E-state index in [0.717, 1.165) is 17.8 Å². The lowest BCUT2D eigenvalue weighted by molar-refractivity contribution is 0.488. The summed E-state index contributed by atoms with van der Waals surface area (Å²) in [5.74, 6) is 0.851. The van der Waals surface area contributed by atoms with Gasteiger partial charge in [-0.05, 0) is 24.9 Å². The topological polar surface area (TPSA) is 30.7 Å². The van der Waals surface area contributed by atoms with Gasteiger partial charge in [0.2, 0.25) is 5.28 Å². The molecule has 1 unspecified atom stereocenters. The highest BCUT2D eigenvalue weighted by molar-refractivity contribution is 6.28. The zero-order valence-corrected chi connectivity index (χ0v) is 11.6. The standard InChI is InChI=1S/C14H18ClN3/c1-3-4-8-11(2)18-13(16-17-14(18)15)12-9-6-5-7-10-12/h5-7,9-11H,3-4,8H2,1-2H3. The van der Waals surface area contributed by atoms with Gasteiger partial charge in [0.25, 0.3) is 0 Å². The van der Waals surface area contributed by atoms with E-state index < -0.39 is 0 Å². The highest BCUT2D eigenvalue weighted by atomic mass is 35.5. The van der Waals surface area contributed by atoms with Crippen molar-refractivity contribution in [2.24, 2.45) is 0 Å². The summed E-state index contributed by atoms with van der Waals surface area (Å²) in [6, 6.07) is 10.4. The van der Waals surface area contributed by atoms with Crippen LogP contribution in [0.1, 0.15) is 39.2 Å². The molecule has 0 N–H and O–H groups in total. The molecule has 0 aliphatic carbocycles. The van der Waals surface area contributed by atoms with Crippen molar-refractivity contribution in [3.05, 3.63) is 35.6 Å². The van der Waals surface area contributed by atoms with Gasteiger partial charge in [0.05, 0.1) is 0 Å². The number of aromatic nitrogens is 3. The third-order valence-corrected chi connectivity index (χ3v) is 3.36. The first-order valence-corrected chi connectivity index (χ1v) is 6.77. The molecule has 2 rings (SSSR count). The molecule has 1 aromatic carbocycles. The number of unbranched alkanes of at least 4 members (excludes halogenated alkanes) is 1. The summed E-state index contributed by atoms with van der Waals surface area (Å²) in [7, 11) is 0. The minimum atomic E-state index is 0.322. The van der Waals surface area contributed by atoms with E-state index in [-0.39, 0.29) is 0 Å². The Morgan fingerprint density at radius 3 is 2.61 bits per heavy atom. The summed E-state index contributed by atoms with van der Waals surface area (Å²) < 4.78 is 2.02. The van der Waals surface area contributed by atoms with E-state index in [9.17, 15) is 0 Å². The molecule has 0 bridgehead atoms. The minimum Gasteiger partial charge on any atom is -0.295 e. The van der Waals surface area contributed by atoms with Crippen LogP contribution in [0.5, 0.6) is 0 Å². The van der Waals surface area contributed by atoms with Crippen molar-refractivity contribution in [3.8, 4) is 11.4 Å². The molecule has 18 heavy (non-hydrogen) atoms. The largest absolute Gasteiger partial charge is 0.295 e. The molecular weight excluding hydrogens is 246 g/mol. The van der Waals surface area contributed by atoms with Gasteiger partial charge in [0.15, 0.2) is 5.82 Å². The first-order chi connectivity index (χ1) is 8.74. The van der Waals surface area contributed by atoms with Gasteiger partial charge in [-0.15, -0.1) is 10.2 Å². The van der Waals surface area contributed by atoms with Crippen LogP contribution in [-0.4, -0.2) is 14.8 Å². The van der Waals surface area contributed by atoms with Crippen molar-refractivity contribution in [1.29, 1.82) is 0 Å². The first kappa shape index (κ1) is 13.1. The van der Waals surface area contributed by atoms with Crippen molar-refractivity contribution in [2.45, 2.75) is 39.2 Å². The Bertz CT molecular complexity index is 493. The van der Waals surface area contributed by atoms with Gasteiger partial charge in [0, 0.05) is 11.6 Å². The highest BCUT2D eigenvalue weighted by Crippen LogP contribution is 2.27. The van der Waals surface area contributed by atoms with E-state index in [2.05, 4.69) is 24.0 Å². The van der Waals surface area contributed by atoms with Crippen molar-refractivity contribution in [3.63, 3.8) is 0 Å². The van der Waals surface area contributed by atoms with E-state index in [1.165, 1.54) is 12.8 Å². The molecule has 0 saturated carbocycles. The molecule has 0 amide bonds. The summed E-state index contributed by atoms with van der Waals surface area (Å²) in [5, 5.41) is 8.67. The molecule has 0 radical (unpaired) electrons. The summed E-state index contributed by atoms with van der Waals surface area (Å²) in [5.41, 5.74) is 1.06. The highest BCUT2D eigenvalue weighted by Gasteiger charge is 2.16. The van der Waals surface area contributed by atoms with Crippen LogP contribution in [0.2, 0.25) is 5.28 Å². The molecular formula is C14H18ClN3. The maximum atomic E-state index is 6.16. The van der Waals surface area contributed by atoms with Gasteiger partial charge < -0.3 is 0 Å². The number of benzene rings is 1. The fraction of sp³-hybridized carbons (Fsp3) is 0.429. The minimum absolute atomic E-state index is 0.322. The van der Waals surface area contributed by atoms with Crippen LogP contribution in [0.15, 0.2) is 30.3 Å². The molecule has 3 nitrogen and oxygen atoms in total.